The highest BCUT2D eigenvalue weighted by atomic mass is 16.2. The number of nitrogens with zero attached hydrogens (tertiary/aromatic N) is 1. The van der Waals surface area contributed by atoms with Crippen LogP contribution in [0.3, 0.4) is 0 Å². The van der Waals surface area contributed by atoms with Gasteiger partial charge in [0.15, 0.2) is 0 Å². The van der Waals surface area contributed by atoms with Crippen LogP contribution in [0.15, 0.2) is 47.6 Å². The smallest absolute Gasteiger partial charge is 0.271 e. The Bertz CT molecular complexity index is 1000. The van der Waals surface area contributed by atoms with Gasteiger partial charge in [-0.25, -0.2) is 5.43 Å². The predicted octanol–water partition coefficient (Wildman–Crippen LogP) is 4.37. The van der Waals surface area contributed by atoms with E-state index < -0.39 is 0 Å². The van der Waals surface area contributed by atoms with Gasteiger partial charge in [-0.2, -0.15) is 5.10 Å². The number of amides is 1. The van der Waals surface area contributed by atoms with E-state index in [2.05, 4.69) is 22.4 Å². The van der Waals surface area contributed by atoms with Crippen molar-refractivity contribution in [3.8, 4) is 0 Å². The summed E-state index contributed by atoms with van der Waals surface area (Å²) >= 11 is 0. The van der Waals surface area contributed by atoms with Crippen LogP contribution >= 0.6 is 0 Å². The molecule has 1 amide bonds. The minimum absolute atomic E-state index is 0.185. The number of carbonyl (C=O) groups is 1. The average Bonchev–Trinajstić information content (AvgIpc) is 3.00. The minimum atomic E-state index is -0.185. The third kappa shape index (κ3) is 3.15. The van der Waals surface area contributed by atoms with Crippen LogP contribution < -0.4 is 5.43 Å². The average molecular weight is 345 g/mol. The molecule has 1 aliphatic rings. The standard InChI is InChI=1S/C22H23N3O/c1-14-7-9-20-18(11-14)19-12-16(8-10-21(19)24-20)22(26)25-23-13-17-6-4-3-5-15(17)2/h3-6,8,10,12-14,24H,7,9,11H2,1-2H3,(H,25,26)/b23-13-. The van der Waals surface area contributed by atoms with Crippen molar-refractivity contribution in [1.29, 1.82) is 0 Å². The van der Waals surface area contributed by atoms with Crippen molar-refractivity contribution in [1.82, 2.24) is 10.4 Å². The van der Waals surface area contributed by atoms with E-state index in [0.717, 1.165) is 29.5 Å². The van der Waals surface area contributed by atoms with Gasteiger partial charge < -0.3 is 4.98 Å². The highest BCUT2D eigenvalue weighted by Gasteiger charge is 2.20. The predicted molar refractivity (Wildman–Crippen MR) is 106 cm³/mol. The number of hydrogen-bond donors (Lipinski definition) is 2. The fourth-order valence-corrected chi connectivity index (χ4v) is 3.69. The lowest BCUT2D eigenvalue weighted by Gasteiger charge is -2.18. The van der Waals surface area contributed by atoms with Crippen molar-refractivity contribution < 1.29 is 4.79 Å². The Morgan fingerprint density at radius 2 is 2.12 bits per heavy atom. The summed E-state index contributed by atoms with van der Waals surface area (Å²) in [6, 6.07) is 13.8. The summed E-state index contributed by atoms with van der Waals surface area (Å²) in [7, 11) is 0. The molecule has 1 unspecified atom stereocenters. The highest BCUT2D eigenvalue weighted by Crippen LogP contribution is 2.32. The molecular weight excluding hydrogens is 322 g/mol. The van der Waals surface area contributed by atoms with Crippen molar-refractivity contribution in [3.63, 3.8) is 0 Å². The molecule has 4 heteroatoms. The molecule has 0 saturated heterocycles. The molecule has 1 atom stereocenters. The Morgan fingerprint density at radius 3 is 2.96 bits per heavy atom. The normalized spacial score (nSPS) is 16.8. The number of rotatable bonds is 3. The quantitative estimate of drug-likeness (QED) is 0.538. The largest absolute Gasteiger partial charge is 0.358 e. The number of carbonyl (C=O) groups excluding carboxylic acids is 1. The van der Waals surface area contributed by atoms with Gasteiger partial charge in [-0.3, -0.25) is 4.79 Å². The minimum Gasteiger partial charge on any atom is -0.358 e. The second kappa shape index (κ2) is 6.79. The zero-order valence-electron chi connectivity index (χ0n) is 15.2. The van der Waals surface area contributed by atoms with E-state index in [4.69, 9.17) is 0 Å². The van der Waals surface area contributed by atoms with Crippen LogP contribution in [0.5, 0.6) is 0 Å². The first kappa shape index (κ1) is 16.6. The molecule has 0 spiro atoms. The molecule has 1 aliphatic carbocycles. The van der Waals surface area contributed by atoms with Crippen LogP contribution in [-0.2, 0) is 12.8 Å². The number of hydrazone groups is 1. The molecule has 2 aromatic carbocycles. The molecule has 1 heterocycles. The molecule has 132 valence electrons. The van der Waals surface area contributed by atoms with Crippen molar-refractivity contribution in [2.75, 3.05) is 0 Å². The summed E-state index contributed by atoms with van der Waals surface area (Å²) in [5, 5.41) is 5.28. The van der Waals surface area contributed by atoms with E-state index in [1.807, 2.05) is 49.4 Å². The first-order valence-corrected chi connectivity index (χ1v) is 9.14. The Balaban J connectivity index is 1.55. The molecule has 0 radical (unpaired) electrons. The molecule has 26 heavy (non-hydrogen) atoms. The SMILES string of the molecule is Cc1ccccc1/C=N\NC(=O)c1ccc2[nH]c3c(c2c1)CC(C)CC3. The van der Waals surface area contributed by atoms with Crippen LogP contribution in [0.2, 0.25) is 0 Å². The molecule has 0 fully saturated rings. The number of fused-ring (bicyclic) bond motifs is 3. The second-order valence-electron chi connectivity index (χ2n) is 7.25. The monoisotopic (exact) mass is 345 g/mol. The fourth-order valence-electron chi connectivity index (χ4n) is 3.69. The molecular formula is C22H23N3O. The van der Waals surface area contributed by atoms with Crippen molar-refractivity contribution in [2.24, 2.45) is 11.0 Å². The topological polar surface area (TPSA) is 57.2 Å². The van der Waals surface area contributed by atoms with Gasteiger partial charge in [0, 0.05) is 22.2 Å². The molecule has 4 rings (SSSR count). The lowest BCUT2D eigenvalue weighted by Crippen LogP contribution is -2.17. The van der Waals surface area contributed by atoms with E-state index in [0.29, 0.717) is 11.5 Å². The van der Waals surface area contributed by atoms with Crippen LogP contribution in [0.4, 0.5) is 0 Å². The van der Waals surface area contributed by atoms with E-state index >= 15 is 0 Å². The molecule has 4 nitrogen and oxygen atoms in total. The van der Waals surface area contributed by atoms with Gasteiger partial charge in [0.1, 0.15) is 0 Å². The van der Waals surface area contributed by atoms with Crippen LogP contribution in [0, 0.1) is 12.8 Å². The van der Waals surface area contributed by atoms with Gasteiger partial charge in [-0.1, -0.05) is 31.2 Å². The summed E-state index contributed by atoms with van der Waals surface area (Å²) in [6.07, 6.45) is 5.08. The Kier molecular flexibility index (Phi) is 4.33. The zero-order valence-corrected chi connectivity index (χ0v) is 15.2. The number of benzene rings is 2. The fraction of sp³-hybridized carbons (Fsp3) is 0.273. The number of hydrogen-bond acceptors (Lipinski definition) is 2. The molecule has 0 aliphatic heterocycles. The van der Waals surface area contributed by atoms with Crippen LogP contribution in [-0.4, -0.2) is 17.1 Å². The number of H-pyrrole nitrogens is 1. The van der Waals surface area contributed by atoms with Crippen LogP contribution in [0.1, 0.15) is 46.1 Å². The number of aromatic amines is 1. The summed E-state index contributed by atoms with van der Waals surface area (Å²) in [6.45, 7) is 4.31. The Labute approximate surface area is 153 Å². The lowest BCUT2D eigenvalue weighted by atomic mass is 9.87. The first-order valence-electron chi connectivity index (χ1n) is 9.14. The Morgan fingerprint density at radius 1 is 1.27 bits per heavy atom. The van der Waals surface area contributed by atoms with Gasteiger partial charge in [0.2, 0.25) is 0 Å². The highest BCUT2D eigenvalue weighted by molar-refractivity contribution is 5.99. The summed E-state index contributed by atoms with van der Waals surface area (Å²) in [5.41, 5.74) is 9.22. The van der Waals surface area contributed by atoms with Crippen molar-refractivity contribution in [2.45, 2.75) is 33.1 Å². The third-order valence-electron chi connectivity index (χ3n) is 5.25. The number of nitrogens with one attached hydrogen (secondary N) is 2. The van der Waals surface area contributed by atoms with E-state index in [1.165, 1.54) is 23.1 Å². The van der Waals surface area contributed by atoms with Gasteiger partial charge in [-0.15, -0.1) is 0 Å². The molecule has 3 aromatic rings. The van der Waals surface area contributed by atoms with Gasteiger partial charge in [0.25, 0.3) is 5.91 Å². The van der Waals surface area contributed by atoms with Gasteiger partial charge in [-0.05, 0) is 67.0 Å². The van der Waals surface area contributed by atoms with Gasteiger partial charge >= 0.3 is 0 Å². The molecule has 0 bridgehead atoms. The van der Waals surface area contributed by atoms with Crippen LogP contribution in [0.25, 0.3) is 10.9 Å². The lowest BCUT2D eigenvalue weighted by molar-refractivity contribution is 0.0955. The number of aromatic nitrogens is 1. The first-order chi connectivity index (χ1) is 12.6. The summed E-state index contributed by atoms with van der Waals surface area (Å²) < 4.78 is 0. The third-order valence-corrected chi connectivity index (χ3v) is 5.25. The second-order valence-corrected chi connectivity index (χ2v) is 7.25. The molecule has 0 saturated carbocycles. The maximum absolute atomic E-state index is 12.5. The maximum Gasteiger partial charge on any atom is 0.271 e. The van der Waals surface area contributed by atoms with E-state index in [-0.39, 0.29) is 5.91 Å². The molecule has 1 aromatic heterocycles. The van der Waals surface area contributed by atoms with Crippen molar-refractivity contribution >= 4 is 23.0 Å². The van der Waals surface area contributed by atoms with Crippen molar-refractivity contribution in [3.05, 3.63) is 70.4 Å². The summed E-state index contributed by atoms with van der Waals surface area (Å²) in [5.74, 6) is 0.508. The Hall–Kier alpha value is -2.88. The maximum atomic E-state index is 12.5. The molecule has 2 N–H and O–H groups in total. The zero-order chi connectivity index (χ0) is 18.1. The summed E-state index contributed by atoms with van der Waals surface area (Å²) in [4.78, 5) is 16.0. The number of aryl methyl sites for hydroxylation is 2. The van der Waals surface area contributed by atoms with E-state index in [1.54, 1.807) is 6.21 Å². The van der Waals surface area contributed by atoms with E-state index in [9.17, 15) is 4.79 Å². The van der Waals surface area contributed by atoms with Gasteiger partial charge in [0.05, 0.1) is 6.21 Å².